The van der Waals surface area contributed by atoms with E-state index in [-0.39, 0.29) is 0 Å². The lowest BCUT2D eigenvalue weighted by atomic mass is 10.1. The first-order chi connectivity index (χ1) is 13.3. The van der Waals surface area contributed by atoms with Crippen molar-refractivity contribution in [3.05, 3.63) is 97.1 Å². The van der Waals surface area contributed by atoms with Crippen molar-refractivity contribution < 1.29 is 0 Å². The predicted molar refractivity (Wildman–Crippen MR) is 123 cm³/mol. The number of fused-ring (bicyclic) bond motifs is 6. The van der Waals surface area contributed by atoms with Gasteiger partial charge in [0.15, 0.2) is 0 Å². The third-order valence-corrected chi connectivity index (χ3v) is 16.6. The van der Waals surface area contributed by atoms with E-state index in [4.69, 9.17) is 11.2 Å². The van der Waals surface area contributed by atoms with Crippen LogP contribution in [0.3, 0.4) is 0 Å². The van der Waals surface area contributed by atoms with Gasteiger partial charge in [-0.1, -0.05) is 72.8 Å². The second-order valence-corrected chi connectivity index (χ2v) is 15.8. The molecule has 128 valence electrons. The molecule has 0 saturated heterocycles. The van der Waals surface area contributed by atoms with Gasteiger partial charge in [-0.15, -0.1) is 0 Å². The van der Waals surface area contributed by atoms with Crippen LogP contribution in [0.2, 0.25) is 0 Å². The highest BCUT2D eigenvalue weighted by molar-refractivity contribution is 8.55. The van der Waals surface area contributed by atoms with E-state index in [9.17, 15) is 0 Å². The number of hydrogen-bond acceptors (Lipinski definition) is 0. The van der Waals surface area contributed by atoms with Crippen LogP contribution < -0.4 is 10.6 Å². The molecule has 4 aromatic carbocycles. The number of hydrogen-bond donors (Lipinski definition) is 0. The maximum atomic E-state index is 7.83. The molecule has 6 rings (SSSR count). The number of benzene rings is 4. The first-order valence-electron chi connectivity index (χ1n) is 9.07. The van der Waals surface area contributed by atoms with E-state index in [1.807, 2.05) is 0 Å². The average Bonchev–Trinajstić information content (AvgIpc) is 3.20. The molecule has 2 heterocycles. The van der Waals surface area contributed by atoms with Crippen LogP contribution in [-0.2, 0) is 0 Å². The van der Waals surface area contributed by atoms with Crippen molar-refractivity contribution in [2.75, 3.05) is 0 Å². The Kier molecular flexibility index (Phi) is 3.36. The minimum atomic E-state index is -2.08. The van der Waals surface area contributed by atoms with Crippen LogP contribution in [-0.4, -0.2) is 0 Å². The van der Waals surface area contributed by atoms with Gasteiger partial charge in [-0.2, -0.15) is 0 Å². The second-order valence-electron chi connectivity index (χ2n) is 6.94. The summed E-state index contributed by atoms with van der Waals surface area (Å²) >= 11 is 7.83. The molecule has 0 saturated carbocycles. The zero-order valence-corrected chi connectivity index (χ0v) is 17.1. The predicted octanol–water partition coefficient (Wildman–Crippen LogP) is 7.55. The second kappa shape index (κ2) is 5.70. The molecule has 0 bridgehead atoms. The first kappa shape index (κ1) is 15.9. The van der Waals surface area contributed by atoms with Gasteiger partial charge in [0.25, 0.3) is 0 Å². The van der Waals surface area contributed by atoms with E-state index >= 15 is 0 Å². The van der Waals surface area contributed by atoms with E-state index in [1.54, 1.807) is 0 Å². The van der Waals surface area contributed by atoms with Gasteiger partial charge >= 0.3 is 0 Å². The van der Waals surface area contributed by atoms with E-state index < -0.39 is 13.5 Å². The molecule has 1 aliphatic rings. The molecule has 1 aromatic heterocycles. The third kappa shape index (κ3) is 1.99. The summed E-state index contributed by atoms with van der Waals surface area (Å²) in [6.45, 7) is 0. The van der Waals surface area contributed by atoms with Crippen LogP contribution in [0.25, 0.3) is 32.1 Å². The Morgan fingerprint density at radius 3 is 1.44 bits per heavy atom. The van der Waals surface area contributed by atoms with Crippen LogP contribution in [0.4, 0.5) is 0 Å². The third-order valence-electron chi connectivity index (χ3n) is 5.57. The first-order valence-corrected chi connectivity index (χ1v) is 13.8. The molecular formula is C24H16ClP2+. The highest BCUT2D eigenvalue weighted by atomic mass is 35.7. The molecule has 1 aliphatic heterocycles. The summed E-state index contributed by atoms with van der Waals surface area (Å²) in [5.41, 5.74) is 2.64. The SMILES string of the molecule is Cl[P+]1(p2c3ccccc3c3ccccc32)c2ccccc2-c2ccccc21. The van der Waals surface area contributed by atoms with Gasteiger partial charge in [-0.05, 0) is 35.0 Å². The number of halogens is 1. The lowest BCUT2D eigenvalue weighted by Gasteiger charge is -2.16. The summed E-state index contributed by atoms with van der Waals surface area (Å²) in [5, 5.41) is 8.30. The molecule has 0 unspecified atom stereocenters. The maximum absolute atomic E-state index is 7.83. The van der Waals surface area contributed by atoms with Crippen molar-refractivity contribution in [1.82, 2.24) is 0 Å². The minimum absolute atomic E-state index is 0.657. The van der Waals surface area contributed by atoms with Crippen LogP contribution in [0.15, 0.2) is 97.1 Å². The van der Waals surface area contributed by atoms with E-state index in [0.717, 1.165) is 0 Å². The molecular weight excluding hydrogens is 386 g/mol. The fraction of sp³-hybridized carbons (Fsp3) is 0. The molecule has 0 fully saturated rings. The van der Waals surface area contributed by atoms with Crippen molar-refractivity contribution in [3.63, 3.8) is 0 Å². The van der Waals surface area contributed by atoms with Crippen molar-refractivity contribution in [3.8, 4) is 11.1 Å². The highest BCUT2D eigenvalue weighted by Crippen LogP contribution is 2.88. The fourth-order valence-electron chi connectivity index (χ4n) is 4.46. The summed E-state index contributed by atoms with van der Waals surface area (Å²) < 4.78 is 0. The lowest BCUT2D eigenvalue weighted by Crippen LogP contribution is -2.08. The largest absolute Gasteiger partial charge is 0.221 e. The standard InChI is InChI=1S/C24H16ClP2/c25-27(23-15-7-3-11-19(23)20-12-4-8-16-24(20)27)26-21-13-5-1-9-17(21)18-10-2-6-14-22(18)26/h1-16H/q+1. The van der Waals surface area contributed by atoms with E-state index in [1.165, 1.54) is 42.7 Å². The van der Waals surface area contributed by atoms with Crippen LogP contribution in [0, 0.1) is 0 Å². The topological polar surface area (TPSA) is 0 Å². The molecule has 5 aromatic rings. The van der Waals surface area contributed by atoms with Gasteiger partial charge in [0, 0.05) is 21.4 Å². The average molecular weight is 402 g/mol. The van der Waals surface area contributed by atoms with Gasteiger partial charge in [0.05, 0.1) is 7.22 Å². The Balaban J connectivity index is 1.85. The summed E-state index contributed by atoms with van der Waals surface area (Å²) in [6.07, 6.45) is -2.08. The maximum Gasteiger partial charge on any atom is 0.221 e. The van der Waals surface area contributed by atoms with Gasteiger partial charge < -0.3 is 0 Å². The molecule has 0 atom stereocenters. The van der Waals surface area contributed by atoms with Crippen LogP contribution in [0.5, 0.6) is 0 Å². The summed E-state index contributed by atoms with van der Waals surface area (Å²) in [5.74, 6) is 0. The lowest BCUT2D eigenvalue weighted by molar-refractivity contribution is 1.71. The fourth-order valence-corrected chi connectivity index (χ4v) is 16.4. The minimum Gasteiger partial charge on any atom is -0.0616 e. The zero-order chi connectivity index (χ0) is 18.0. The molecule has 0 N–H and O–H groups in total. The number of rotatable bonds is 1. The van der Waals surface area contributed by atoms with Gasteiger partial charge in [0.2, 0.25) is 6.30 Å². The molecule has 0 radical (unpaired) electrons. The summed E-state index contributed by atoms with van der Waals surface area (Å²) in [7, 11) is -0.657. The normalized spacial score (nSPS) is 14.4. The molecule has 27 heavy (non-hydrogen) atoms. The molecule has 0 amide bonds. The molecule has 0 aliphatic carbocycles. The smallest absolute Gasteiger partial charge is 0.0616 e. The Hall–Kier alpha value is -2.10. The van der Waals surface area contributed by atoms with Crippen molar-refractivity contribution in [2.24, 2.45) is 0 Å². The van der Waals surface area contributed by atoms with Gasteiger partial charge in [0.1, 0.15) is 21.8 Å². The zero-order valence-electron chi connectivity index (χ0n) is 14.5. The van der Waals surface area contributed by atoms with Crippen molar-refractivity contribution in [2.45, 2.75) is 0 Å². The Labute approximate surface area is 164 Å². The van der Waals surface area contributed by atoms with E-state index in [2.05, 4.69) is 97.1 Å². The van der Waals surface area contributed by atoms with Gasteiger partial charge in [-0.3, -0.25) is 0 Å². The Morgan fingerprint density at radius 1 is 0.519 bits per heavy atom. The monoisotopic (exact) mass is 401 g/mol. The molecule has 0 nitrogen and oxygen atoms in total. The molecule has 3 heteroatoms. The summed E-state index contributed by atoms with van der Waals surface area (Å²) in [6, 6.07) is 35.3. The van der Waals surface area contributed by atoms with E-state index in [0.29, 0.717) is 0 Å². The Morgan fingerprint density at radius 2 is 0.926 bits per heavy atom. The van der Waals surface area contributed by atoms with Crippen LogP contribution in [0.1, 0.15) is 0 Å². The Bertz CT molecular complexity index is 1250. The van der Waals surface area contributed by atoms with Gasteiger partial charge in [-0.25, -0.2) is 0 Å². The molecule has 0 spiro atoms. The van der Waals surface area contributed by atoms with Crippen LogP contribution >= 0.6 is 24.8 Å². The highest BCUT2D eigenvalue weighted by Gasteiger charge is 2.54. The van der Waals surface area contributed by atoms with Crippen molar-refractivity contribution in [1.29, 1.82) is 0 Å². The quantitative estimate of drug-likeness (QED) is 0.254. The van der Waals surface area contributed by atoms with Crippen molar-refractivity contribution >= 4 is 56.4 Å². The summed E-state index contributed by atoms with van der Waals surface area (Å²) in [4.78, 5) is 0.